The second-order valence-electron chi connectivity index (χ2n) is 6.22. The average Bonchev–Trinajstić information content (AvgIpc) is 3.26. The zero-order valence-electron chi connectivity index (χ0n) is 12.4. The molecule has 114 valence electrons. The lowest BCUT2D eigenvalue weighted by molar-refractivity contribution is -0.123. The number of aryl methyl sites for hydroxylation is 1. The number of nitrogens with two attached hydrogens (primary N) is 1. The first-order valence-electron chi connectivity index (χ1n) is 7.96. The highest BCUT2D eigenvalue weighted by molar-refractivity contribution is 5.88. The molecular formula is C17H24N2O2. The van der Waals surface area contributed by atoms with Gasteiger partial charge in [0, 0.05) is 13.2 Å². The third-order valence-corrected chi connectivity index (χ3v) is 4.48. The van der Waals surface area contributed by atoms with Gasteiger partial charge in [0.1, 0.15) is 0 Å². The van der Waals surface area contributed by atoms with Gasteiger partial charge >= 0.3 is 0 Å². The molecule has 3 rings (SSSR count). The first-order chi connectivity index (χ1) is 10.2. The van der Waals surface area contributed by atoms with Crippen LogP contribution >= 0.6 is 0 Å². The Kier molecular flexibility index (Phi) is 4.27. The third-order valence-electron chi connectivity index (χ3n) is 4.48. The van der Waals surface area contributed by atoms with E-state index in [0.717, 1.165) is 32.1 Å². The molecule has 21 heavy (non-hydrogen) atoms. The highest BCUT2D eigenvalue weighted by atomic mass is 16.5. The Bertz CT molecular complexity index is 511. The van der Waals surface area contributed by atoms with E-state index in [-0.39, 0.29) is 12.0 Å². The molecule has 1 aromatic rings. The monoisotopic (exact) mass is 288 g/mol. The molecule has 0 aliphatic heterocycles. The Morgan fingerprint density at radius 2 is 2.19 bits per heavy atom. The fraction of sp³-hybridized carbons (Fsp3) is 0.588. The lowest BCUT2D eigenvalue weighted by atomic mass is 9.89. The summed E-state index contributed by atoms with van der Waals surface area (Å²) in [6.07, 6.45) is 6.12. The first kappa shape index (κ1) is 14.5. The van der Waals surface area contributed by atoms with Gasteiger partial charge in [0.2, 0.25) is 5.91 Å². The summed E-state index contributed by atoms with van der Waals surface area (Å²) in [5.41, 5.74) is 8.02. The lowest BCUT2D eigenvalue weighted by Gasteiger charge is -2.25. The average molecular weight is 288 g/mol. The Labute approximate surface area is 126 Å². The summed E-state index contributed by atoms with van der Waals surface area (Å²) in [7, 11) is 0. The maximum absolute atomic E-state index is 11.7. The van der Waals surface area contributed by atoms with Crippen molar-refractivity contribution in [3.05, 3.63) is 35.4 Å². The molecule has 1 aromatic carbocycles. The quantitative estimate of drug-likeness (QED) is 0.788. The molecular weight excluding hydrogens is 264 g/mol. The van der Waals surface area contributed by atoms with Gasteiger partial charge in [-0.1, -0.05) is 24.3 Å². The number of carbonyl (C=O) groups excluding carboxylic acids is 1. The van der Waals surface area contributed by atoms with E-state index >= 15 is 0 Å². The number of hydrogen-bond acceptors (Lipinski definition) is 3. The van der Waals surface area contributed by atoms with Crippen LogP contribution in [0.15, 0.2) is 24.3 Å². The van der Waals surface area contributed by atoms with E-state index in [4.69, 9.17) is 10.5 Å². The molecule has 2 aliphatic carbocycles. The number of fused-ring (bicyclic) bond motifs is 1. The molecule has 0 saturated heterocycles. The zero-order valence-corrected chi connectivity index (χ0v) is 12.4. The standard InChI is InChI=1S/C17H24N2O2/c18-17(9-10-17)16(20)19-11-4-12-21-15-8-3-6-13-5-1-2-7-14(13)15/h1-2,5,7,15H,3-4,6,8-12,18H2,(H,19,20). The van der Waals surface area contributed by atoms with Crippen LogP contribution in [-0.4, -0.2) is 24.6 Å². The van der Waals surface area contributed by atoms with Gasteiger partial charge < -0.3 is 15.8 Å². The van der Waals surface area contributed by atoms with E-state index in [1.807, 2.05) is 0 Å². The van der Waals surface area contributed by atoms with Crippen molar-refractivity contribution in [2.24, 2.45) is 5.73 Å². The lowest BCUT2D eigenvalue weighted by Crippen LogP contribution is -2.43. The van der Waals surface area contributed by atoms with Gasteiger partial charge in [-0.05, 0) is 49.7 Å². The second-order valence-corrected chi connectivity index (χ2v) is 6.22. The van der Waals surface area contributed by atoms with E-state index in [1.165, 1.54) is 17.5 Å². The minimum atomic E-state index is -0.566. The summed E-state index contributed by atoms with van der Waals surface area (Å²) in [4.78, 5) is 11.7. The van der Waals surface area contributed by atoms with Crippen LogP contribution in [0.25, 0.3) is 0 Å². The Morgan fingerprint density at radius 1 is 1.38 bits per heavy atom. The molecule has 0 spiro atoms. The highest BCUT2D eigenvalue weighted by Gasteiger charge is 2.45. The van der Waals surface area contributed by atoms with Crippen molar-refractivity contribution in [3.8, 4) is 0 Å². The van der Waals surface area contributed by atoms with Gasteiger partial charge in [0.25, 0.3) is 0 Å². The number of amides is 1. The molecule has 1 saturated carbocycles. The molecule has 0 radical (unpaired) electrons. The van der Waals surface area contributed by atoms with Gasteiger partial charge in [-0.3, -0.25) is 4.79 Å². The topological polar surface area (TPSA) is 64.4 Å². The van der Waals surface area contributed by atoms with Crippen LogP contribution in [0.2, 0.25) is 0 Å². The van der Waals surface area contributed by atoms with Crippen molar-refractivity contribution in [2.45, 2.75) is 50.2 Å². The van der Waals surface area contributed by atoms with Gasteiger partial charge in [0.15, 0.2) is 0 Å². The molecule has 1 atom stereocenters. The van der Waals surface area contributed by atoms with Gasteiger partial charge in [-0.2, -0.15) is 0 Å². The Morgan fingerprint density at radius 3 is 3.00 bits per heavy atom. The maximum Gasteiger partial charge on any atom is 0.240 e. The van der Waals surface area contributed by atoms with Gasteiger partial charge in [-0.25, -0.2) is 0 Å². The molecule has 1 unspecified atom stereocenters. The smallest absolute Gasteiger partial charge is 0.240 e. The van der Waals surface area contributed by atoms with Crippen LogP contribution in [0.1, 0.15) is 49.3 Å². The van der Waals surface area contributed by atoms with Gasteiger partial charge in [0.05, 0.1) is 11.6 Å². The van der Waals surface area contributed by atoms with Crippen LogP contribution in [0, 0.1) is 0 Å². The van der Waals surface area contributed by atoms with E-state index < -0.39 is 5.54 Å². The maximum atomic E-state index is 11.7. The van der Waals surface area contributed by atoms with Crippen LogP contribution in [-0.2, 0) is 16.0 Å². The predicted molar refractivity (Wildman–Crippen MR) is 81.9 cm³/mol. The fourth-order valence-corrected chi connectivity index (χ4v) is 2.92. The molecule has 1 fully saturated rings. The van der Waals surface area contributed by atoms with Crippen molar-refractivity contribution >= 4 is 5.91 Å². The van der Waals surface area contributed by atoms with E-state index in [0.29, 0.717) is 13.2 Å². The summed E-state index contributed by atoms with van der Waals surface area (Å²) < 4.78 is 6.01. The third kappa shape index (κ3) is 3.44. The highest BCUT2D eigenvalue weighted by Crippen LogP contribution is 2.33. The Balaban J connectivity index is 1.39. The molecule has 0 bridgehead atoms. The normalized spacial score (nSPS) is 22.4. The van der Waals surface area contributed by atoms with Crippen LogP contribution < -0.4 is 11.1 Å². The molecule has 1 amide bonds. The molecule has 3 N–H and O–H groups in total. The second kappa shape index (κ2) is 6.16. The van der Waals surface area contributed by atoms with Crippen molar-refractivity contribution in [1.29, 1.82) is 0 Å². The SMILES string of the molecule is NC1(C(=O)NCCCOC2CCCc3ccccc32)CC1. The summed E-state index contributed by atoms with van der Waals surface area (Å²) in [5.74, 6) is -0.00879. The van der Waals surface area contributed by atoms with Crippen LogP contribution in [0.3, 0.4) is 0 Å². The number of nitrogens with one attached hydrogen (secondary N) is 1. The van der Waals surface area contributed by atoms with Gasteiger partial charge in [-0.15, -0.1) is 0 Å². The van der Waals surface area contributed by atoms with Crippen molar-refractivity contribution in [3.63, 3.8) is 0 Å². The number of hydrogen-bond donors (Lipinski definition) is 2. The molecule has 0 heterocycles. The summed E-state index contributed by atoms with van der Waals surface area (Å²) in [6, 6.07) is 8.54. The van der Waals surface area contributed by atoms with E-state index in [2.05, 4.69) is 29.6 Å². The molecule has 0 aromatic heterocycles. The first-order valence-corrected chi connectivity index (χ1v) is 7.96. The predicted octanol–water partition coefficient (Wildman–Crippen LogP) is 2.08. The van der Waals surface area contributed by atoms with Crippen molar-refractivity contribution in [1.82, 2.24) is 5.32 Å². The summed E-state index contributed by atoms with van der Waals surface area (Å²) >= 11 is 0. The summed E-state index contributed by atoms with van der Waals surface area (Å²) in [5, 5.41) is 2.90. The van der Waals surface area contributed by atoms with Crippen molar-refractivity contribution < 1.29 is 9.53 Å². The van der Waals surface area contributed by atoms with E-state index in [9.17, 15) is 4.79 Å². The summed E-state index contributed by atoms with van der Waals surface area (Å²) in [6.45, 7) is 1.32. The molecule has 4 heteroatoms. The minimum absolute atomic E-state index is 0.00879. The Hall–Kier alpha value is -1.39. The largest absolute Gasteiger partial charge is 0.373 e. The fourth-order valence-electron chi connectivity index (χ4n) is 2.92. The zero-order chi connectivity index (χ0) is 14.7. The van der Waals surface area contributed by atoms with Crippen molar-refractivity contribution in [2.75, 3.05) is 13.2 Å². The number of rotatable bonds is 6. The minimum Gasteiger partial charge on any atom is -0.373 e. The van der Waals surface area contributed by atoms with Crippen LogP contribution in [0.5, 0.6) is 0 Å². The number of ether oxygens (including phenoxy) is 1. The molecule has 2 aliphatic rings. The number of carbonyl (C=O) groups is 1. The molecule has 4 nitrogen and oxygen atoms in total. The van der Waals surface area contributed by atoms with Crippen LogP contribution in [0.4, 0.5) is 0 Å². The number of benzene rings is 1. The van der Waals surface area contributed by atoms with E-state index in [1.54, 1.807) is 0 Å².